The summed E-state index contributed by atoms with van der Waals surface area (Å²) < 4.78 is 20.9. The molecule has 0 saturated carbocycles. The second kappa shape index (κ2) is 9.22. The Balaban J connectivity index is 0.00000136. The van der Waals surface area contributed by atoms with Gasteiger partial charge < -0.3 is 14.2 Å². The molecule has 0 atom stereocenters. The number of ether oxygens (including phenoxy) is 1. The fourth-order valence-corrected chi connectivity index (χ4v) is 3.37. The number of aromatic nitrogens is 2. The molecule has 1 amide bonds. The van der Waals surface area contributed by atoms with Gasteiger partial charge in [-0.05, 0) is 58.7 Å². The number of benzene rings is 1. The highest BCUT2D eigenvalue weighted by atomic mass is 19.1. The summed E-state index contributed by atoms with van der Waals surface area (Å²) in [5, 5.41) is 0. The lowest BCUT2D eigenvalue weighted by Gasteiger charge is -2.33. The van der Waals surface area contributed by atoms with Crippen LogP contribution in [-0.2, 0) is 4.74 Å². The standard InChI is InChI=1S/C20H26FN3O2.C2H6/c1-14-18(22-13-24(14)17-7-5-6-16(21)12-17)15-8-10-23(11-9-15)19(25)26-20(2,3)4;1-2/h5-7,12-13,15H,8-11H2,1-4H3;1-2H3. The largest absolute Gasteiger partial charge is 0.444 e. The first-order valence-electron chi connectivity index (χ1n) is 10.0. The summed E-state index contributed by atoms with van der Waals surface area (Å²) in [5.41, 5.74) is 2.34. The number of hydrogen-bond donors (Lipinski definition) is 0. The van der Waals surface area contributed by atoms with Crippen LogP contribution in [0.4, 0.5) is 9.18 Å². The zero-order chi connectivity index (χ0) is 20.9. The monoisotopic (exact) mass is 389 g/mol. The number of hydrogen-bond acceptors (Lipinski definition) is 3. The molecule has 1 saturated heterocycles. The van der Waals surface area contributed by atoms with Gasteiger partial charge in [-0.15, -0.1) is 0 Å². The number of halogens is 1. The molecule has 1 aromatic carbocycles. The van der Waals surface area contributed by atoms with Gasteiger partial charge in [0.1, 0.15) is 11.4 Å². The van der Waals surface area contributed by atoms with Gasteiger partial charge in [0.2, 0.25) is 0 Å². The van der Waals surface area contributed by atoms with Crippen LogP contribution in [-0.4, -0.2) is 39.2 Å². The summed E-state index contributed by atoms with van der Waals surface area (Å²) >= 11 is 0. The van der Waals surface area contributed by atoms with Crippen molar-refractivity contribution in [2.24, 2.45) is 0 Å². The Bertz CT molecular complexity index is 787. The van der Waals surface area contributed by atoms with Crippen molar-refractivity contribution >= 4 is 6.09 Å². The lowest BCUT2D eigenvalue weighted by molar-refractivity contribution is 0.0204. The minimum absolute atomic E-state index is 0.252. The molecule has 3 rings (SSSR count). The fourth-order valence-electron chi connectivity index (χ4n) is 3.37. The normalized spacial score (nSPS) is 15.0. The molecule has 2 aromatic rings. The summed E-state index contributed by atoms with van der Waals surface area (Å²) in [6, 6.07) is 6.50. The molecule has 0 radical (unpaired) electrons. The van der Waals surface area contributed by atoms with E-state index in [9.17, 15) is 9.18 Å². The van der Waals surface area contributed by atoms with Gasteiger partial charge in [0.05, 0.1) is 12.0 Å². The Kier molecular flexibility index (Phi) is 7.22. The molecule has 154 valence electrons. The lowest BCUT2D eigenvalue weighted by atomic mass is 9.92. The van der Waals surface area contributed by atoms with Gasteiger partial charge in [0.25, 0.3) is 0 Å². The number of imidazole rings is 1. The number of rotatable bonds is 2. The van der Waals surface area contributed by atoms with Crippen molar-refractivity contribution in [1.82, 2.24) is 14.5 Å². The first-order chi connectivity index (χ1) is 13.2. The van der Waals surface area contributed by atoms with Crippen molar-refractivity contribution in [3.05, 3.63) is 47.8 Å². The maximum Gasteiger partial charge on any atom is 0.410 e. The van der Waals surface area contributed by atoms with Crippen LogP contribution in [0.5, 0.6) is 0 Å². The topological polar surface area (TPSA) is 47.4 Å². The van der Waals surface area contributed by atoms with Crippen molar-refractivity contribution < 1.29 is 13.9 Å². The third-order valence-corrected chi connectivity index (χ3v) is 4.66. The molecule has 0 unspecified atom stereocenters. The molecule has 1 aliphatic rings. The highest BCUT2D eigenvalue weighted by Gasteiger charge is 2.29. The van der Waals surface area contributed by atoms with Crippen LogP contribution >= 0.6 is 0 Å². The van der Waals surface area contributed by atoms with Crippen LogP contribution in [0, 0.1) is 12.7 Å². The summed E-state index contributed by atoms with van der Waals surface area (Å²) in [6.45, 7) is 12.9. The Morgan fingerprint density at radius 2 is 1.86 bits per heavy atom. The minimum atomic E-state index is -0.478. The quantitative estimate of drug-likeness (QED) is 0.685. The van der Waals surface area contributed by atoms with Crippen LogP contribution in [0.15, 0.2) is 30.6 Å². The van der Waals surface area contributed by atoms with Crippen LogP contribution in [0.1, 0.15) is 64.8 Å². The second-order valence-corrected chi connectivity index (χ2v) is 7.81. The molecule has 0 bridgehead atoms. The highest BCUT2D eigenvalue weighted by molar-refractivity contribution is 5.68. The van der Waals surface area contributed by atoms with Crippen molar-refractivity contribution in [1.29, 1.82) is 0 Å². The smallest absolute Gasteiger partial charge is 0.410 e. The minimum Gasteiger partial charge on any atom is -0.444 e. The number of nitrogens with zero attached hydrogens (tertiary/aromatic N) is 3. The fraction of sp³-hybridized carbons (Fsp3) is 0.545. The maximum absolute atomic E-state index is 13.5. The summed E-state index contributed by atoms with van der Waals surface area (Å²) in [5.74, 6) is 0.0336. The maximum atomic E-state index is 13.5. The zero-order valence-electron chi connectivity index (χ0n) is 17.8. The molecule has 28 heavy (non-hydrogen) atoms. The average Bonchev–Trinajstić information content (AvgIpc) is 3.03. The first-order valence-corrected chi connectivity index (χ1v) is 10.0. The lowest BCUT2D eigenvalue weighted by Crippen LogP contribution is -2.41. The van der Waals surface area contributed by atoms with Crippen molar-refractivity contribution in [3.63, 3.8) is 0 Å². The van der Waals surface area contributed by atoms with E-state index in [0.29, 0.717) is 19.0 Å². The van der Waals surface area contributed by atoms with Gasteiger partial charge in [-0.1, -0.05) is 19.9 Å². The van der Waals surface area contributed by atoms with E-state index in [0.717, 1.165) is 29.9 Å². The Hall–Kier alpha value is -2.37. The van der Waals surface area contributed by atoms with Gasteiger partial charge in [0.15, 0.2) is 0 Å². The molecule has 6 heteroatoms. The van der Waals surface area contributed by atoms with E-state index >= 15 is 0 Å². The Morgan fingerprint density at radius 3 is 2.43 bits per heavy atom. The molecule has 0 N–H and O–H groups in total. The highest BCUT2D eigenvalue weighted by Crippen LogP contribution is 2.30. The molecule has 1 fully saturated rings. The van der Waals surface area contributed by atoms with E-state index in [2.05, 4.69) is 4.98 Å². The third kappa shape index (κ3) is 5.33. The van der Waals surface area contributed by atoms with E-state index in [1.807, 2.05) is 52.2 Å². The predicted octanol–water partition coefficient (Wildman–Crippen LogP) is 5.46. The van der Waals surface area contributed by atoms with Crippen LogP contribution < -0.4 is 0 Å². The molecule has 1 aromatic heterocycles. The van der Waals surface area contributed by atoms with Crippen LogP contribution in [0.25, 0.3) is 5.69 Å². The third-order valence-electron chi connectivity index (χ3n) is 4.66. The van der Waals surface area contributed by atoms with Crippen molar-refractivity contribution in [3.8, 4) is 5.69 Å². The summed E-state index contributed by atoms with van der Waals surface area (Å²) in [4.78, 5) is 18.5. The molecule has 2 heterocycles. The van der Waals surface area contributed by atoms with Gasteiger partial charge in [-0.2, -0.15) is 0 Å². The number of carbonyl (C=O) groups excluding carboxylic acids is 1. The number of carbonyl (C=O) groups is 1. The SMILES string of the molecule is CC.Cc1c(C2CCN(C(=O)OC(C)(C)C)CC2)ncn1-c1cccc(F)c1. The Morgan fingerprint density at radius 1 is 1.21 bits per heavy atom. The van der Waals surface area contributed by atoms with E-state index < -0.39 is 5.60 Å². The van der Waals surface area contributed by atoms with Crippen LogP contribution in [0.2, 0.25) is 0 Å². The van der Waals surface area contributed by atoms with E-state index in [-0.39, 0.29) is 11.9 Å². The molecular formula is C22H32FN3O2. The van der Waals surface area contributed by atoms with Crippen molar-refractivity contribution in [2.75, 3.05) is 13.1 Å². The first kappa shape index (κ1) is 21.9. The number of piperidine rings is 1. The van der Waals surface area contributed by atoms with Crippen LogP contribution in [0.3, 0.4) is 0 Å². The van der Waals surface area contributed by atoms with E-state index in [1.165, 1.54) is 12.1 Å². The van der Waals surface area contributed by atoms with Gasteiger partial charge >= 0.3 is 6.09 Å². The summed E-state index contributed by atoms with van der Waals surface area (Å²) in [7, 11) is 0. The Labute approximate surface area is 167 Å². The van der Waals surface area contributed by atoms with Gasteiger partial charge in [-0.25, -0.2) is 14.2 Å². The molecule has 1 aliphatic heterocycles. The van der Waals surface area contributed by atoms with Crippen molar-refractivity contribution in [2.45, 2.75) is 65.9 Å². The average molecular weight is 390 g/mol. The second-order valence-electron chi connectivity index (χ2n) is 7.81. The van der Waals surface area contributed by atoms with E-state index in [1.54, 1.807) is 17.3 Å². The summed E-state index contributed by atoms with van der Waals surface area (Å²) in [6.07, 6.45) is 3.19. The zero-order valence-corrected chi connectivity index (χ0v) is 17.8. The molecular weight excluding hydrogens is 357 g/mol. The van der Waals surface area contributed by atoms with Gasteiger partial charge in [-0.3, -0.25) is 0 Å². The number of amides is 1. The number of likely N-dealkylation sites (tertiary alicyclic amines) is 1. The van der Waals surface area contributed by atoms with E-state index in [4.69, 9.17) is 4.74 Å². The molecule has 5 nitrogen and oxygen atoms in total. The predicted molar refractivity (Wildman–Crippen MR) is 109 cm³/mol. The molecule has 0 aliphatic carbocycles. The van der Waals surface area contributed by atoms with Gasteiger partial charge in [0, 0.05) is 30.4 Å². The molecule has 0 spiro atoms.